The molecule has 1 amide bonds. The fraction of sp³-hybridized carbons (Fsp3) is 0.333. The number of hydrogen-bond acceptors (Lipinski definition) is 3. The molecule has 0 atom stereocenters. The molecule has 1 aliphatic heterocycles. The second kappa shape index (κ2) is 7.24. The van der Waals surface area contributed by atoms with Gasteiger partial charge in [-0.05, 0) is 12.5 Å². The van der Waals surface area contributed by atoms with Gasteiger partial charge in [0.25, 0.3) is 5.69 Å². The van der Waals surface area contributed by atoms with Gasteiger partial charge in [-0.1, -0.05) is 29.8 Å². The molecule has 0 bridgehead atoms. The Morgan fingerprint density at radius 2 is 1.96 bits per heavy atom. The quantitative estimate of drug-likeness (QED) is 0.932. The number of benzene rings is 1. The first-order chi connectivity index (χ1) is 11.2. The smallest absolute Gasteiger partial charge is 0.316 e. The van der Waals surface area contributed by atoms with Crippen molar-refractivity contribution in [1.82, 2.24) is 5.32 Å². The molecule has 0 unspecified atom stereocenters. The maximum atomic E-state index is 12.3. The minimum atomic E-state index is -0.0966. The number of anilines is 1. The van der Waals surface area contributed by atoms with Crippen molar-refractivity contribution in [3.63, 3.8) is 0 Å². The zero-order chi connectivity index (χ0) is 16.1. The molecular formula is C18H22N3O2+. The molecule has 1 saturated heterocycles. The van der Waals surface area contributed by atoms with Crippen LogP contribution >= 0.6 is 0 Å². The summed E-state index contributed by atoms with van der Waals surface area (Å²) in [5, 5.41) is 2.95. The molecular weight excluding hydrogens is 290 g/mol. The topological polar surface area (TPSA) is 55.7 Å². The zero-order valence-corrected chi connectivity index (χ0v) is 13.3. The monoisotopic (exact) mass is 312 g/mol. The second-order valence-corrected chi connectivity index (χ2v) is 5.73. The highest BCUT2D eigenvalue weighted by Gasteiger charge is 2.17. The predicted molar refractivity (Wildman–Crippen MR) is 88.4 cm³/mol. The second-order valence-electron chi connectivity index (χ2n) is 5.73. The number of aryl methyl sites for hydroxylation is 1. The summed E-state index contributed by atoms with van der Waals surface area (Å²) in [5.41, 5.74) is 3.92. The van der Waals surface area contributed by atoms with Gasteiger partial charge in [-0.2, -0.15) is 0 Å². The number of ether oxygens (including phenoxy) is 1. The highest BCUT2D eigenvalue weighted by Crippen LogP contribution is 2.14. The Morgan fingerprint density at radius 1 is 1.22 bits per heavy atom. The van der Waals surface area contributed by atoms with Crippen LogP contribution in [0.1, 0.15) is 21.6 Å². The average molecular weight is 312 g/mol. The summed E-state index contributed by atoms with van der Waals surface area (Å²) in [6, 6.07) is 12.0. The van der Waals surface area contributed by atoms with E-state index in [0.717, 1.165) is 37.6 Å². The lowest BCUT2D eigenvalue weighted by atomic mass is 10.1. The molecule has 23 heavy (non-hydrogen) atoms. The number of H-pyrrole nitrogens is 1. The van der Waals surface area contributed by atoms with E-state index in [4.69, 9.17) is 4.74 Å². The van der Waals surface area contributed by atoms with Crippen LogP contribution in [0.15, 0.2) is 42.6 Å². The van der Waals surface area contributed by atoms with Gasteiger partial charge in [0.1, 0.15) is 0 Å². The van der Waals surface area contributed by atoms with Crippen LogP contribution in [0, 0.1) is 6.92 Å². The first-order valence-electron chi connectivity index (χ1n) is 7.90. The van der Waals surface area contributed by atoms with Crippen LogP contribution < -0.4 is 15.2 Å². The minimum Gasteiger partial charge on any atom is -0.378 e. The van der Waals surface area contributed by atoms with Crippen LogP contribution in [0.2, 0.25) is 0 Å². The molecule has 2 aromatic rings. The number of aromatic nitrogens is 1. The van der Waals surface area contributed by atoms with Gasteiger partial charge in [0.15, 0.2) is 6.20 Å². The van der Waals surface area contributed by atoms with Crippen molar-refractivity contribution < 1.29 is 14.5 Å². The van der Waals surface area contributed by atoms with Crippen molar-refractivity contribution in [2.24, 2.45) is 0 Å². The number of hydrogen-bond donors (Lipinski definition) is 1. The molecule has 0 saturated carbocycles. The number of nitrogens with zero attached hydrogens (tertiary/aromatic N) is 1. The number of carbonyl (C=O) groups is 1. The number of nitrogens with one attached hydrogen (secondary N) is 2. The summed E-state index contributed by atoms with van der Waals surface area (Å²) >= 11 is 0. The summed E-state index contributed by atoms with van der Waals surface area (Å²) in [5.74, 6) is -0.0966. The van der Waals surface area contributed by atoms with Gasteiger partial charge in [-0.3, -0.25) is 4.79 Å². The molecule has 1 aromatic carbocycles. The van der Waals surface area contributed by atoms with E-state index in [9.17, 15) is 4.79 Å². The lowest BCUT2D eigenvalue weighted by Gasteiger charge is -2.28. The predicted octanol–water partition coefficient (Wildman–Crippen LogP) is 1.58. The summed E-state index contributed by atoms with van der Waals surface area (Å²) in [6.07, 6.45) is 1.81. The fourth-order valence-corrected chi connectivity index (χ4v) is 2.59. The molecule has 2 N–H and O–H groups in total. The van der Waals surface area contributed by atoms with Crippen molar-refractivity contribution in [3.05, 3.63) is 59.4 Å². The van der Waals surface area contributed by atoms with Gasteiger partial charge in [0, 0.05) is 37.5 Å². The molecule has 0 aliphatic carbocycles. The largest absolute Gasteiger partial charge is 0.378 e. The highest BCUT2D eigenvalue weighted by molar-refractivity contribution is 5.91. The van der Waals surface area contributed by atoms with Gasteiger partial charge in [-0.15, -0.1) is 0 Å². The van der Waals surface area contributed by atoms with Crippen molar-refractivity contribution in [1.29, 1.82) is 0 Å². The average Bonchev–Trinajstić information content (AvgIpc) is 2.62. The number of aromatic amines is 1. The van der Waals surface area contributed by atoms with E-state index < -0.39 is 0 Å². The van der Waals surface area contributed by atoms with E-state index in [1.165, 1.54) is 5.56 Å². The zero-order valence-electron chi connectivity index (χ0n) is 13.3. The van der Waals surface area contributed by atoms with Crippen LogP contribution in [0.5, 0.6) is 0 Å². The minimum absolute atomic E-state index is 0.0966. The van der Waals surface area contributed by atoms with Crippen molar-refractivity contribution in [3.8, 4) is 0 Å². The maximum Gasteiger partial charge on any atom is 0.316 e. The number of pyridine rings is 1. The third-order valence-corrected chi connectivity index (χ3v) is 3.98. The number of rotatable bonds is 4. The van der Waals surface area contributed by atoms with Crippen LogP contribution in [0.3, 0.4) is 0 Å². The fourth-order valence-electron chi connectivity index (χ4n) is 2.59. The molecule has 1 aliphatic rings. The van der Waals surface area contributed by atoms with Gasteiger partial charge in [0.05, 0.1) is 13.2 Å². The standard InChI is InChI=1S/C18H21N3O2/c1-14-2-4-15(5-3-14)13-20-18(22)17-12-16(6-7-19-17)21-8-10-23-11-9-21/h2-7,12H,8-11,13H2,1H3,(H,20,22)/p+1. The summed E-state index contributed by atoms with van der Waals surface area (Å²) in [7, 11) is 0. The summed E-state index contributed by atoms with van der Waals surface area (Å²) < 4.78 is 5.37. The molecule has 5 nitrogen and oxygen atoms in total. The first-order valence-corrected chi connectivity index (χ1v) is 7.90. The number of carbonyl (C=O) groups excluding carboxylic acids is 1. The Kier molecular flexibility index (Phi) is 4.88. The molecule has 0 spiro atoms. The molecule has 2 heterocycles. The van der Waals surface area contributed by atoms with Crippen LogP contribution in [0.4, 0.5) is 5.69 Å². The van der Waals surface area contributed by atoms with Crippen LogP contribution in [-0.4, -0.2) is 32.2 Å². The normalized spacial score (nSPS) is 14.6. The van der Waals surface area contributed by atoms with Crippen molar-refractivity contribution >= 4 is 11.6 Å². The third-order valence-electron chi connectivity index (χ3n) is 3.98. The Balaban J connectivity index is 1.63. The first kappa shape index (κ1) is 15.5. The third kappa shape index (κ3) is 4.07. The maximum absolute atomic E-state index is 12.3. The molecule has 120 valence electrons. The van der Waals surface area contributed by atoms with E-state index in [0.29, 0.717) is 12.2 Å². The molecule has 0 radical (unpaired) electrons. The molecule has 5 heteroatoms. The summed E-state index contributed by atoms with van der Waals surface area (Å²) in [6.45, 7) is 5.74. The van der Waals surface area contributed by atoms with Crippen molar-refractivity contribution in [2.75, 3.05) is 31.2 Å². The Morgan fingerprint density at radius 3 is 2.70 bits per heavy atom. The Labute approximate surface area is 136 Å². The molecule has 3 rings (SSSR count). The van der Waals surface area contributed by atoms with E-state index in [1.54, 1.807) is 0 Å². The van der Waals surface area contributed by atoms with Gasteiger partial charge in [0.2, 0.25) is 0 Å². The van der Waals surface area contributed by atoms with Crippen LogP contribution in [-0.2, 0) is 11.3 Å². The van der Waals surface area contributed by atoms with Crippen LogP contribution in [0.25, 0.3) is 0 Å². The highest BCUT2D eigenvalue weighted by atomic mass is 16.5. The lowest BCUT2D eigenvalue weighted by molar-refractivity contribution is -0.382. The Bertz CT molecular complexity index is 664. The number of amides is 1. The van der Waals surface area contributed by atoms with E-state index in [1.807, 2.05) is 42.6 Å². The van der Waals surface area contributed by atoms with Gasteiger partial charge < -0.3 is 15.0 Å². The lowest BCUT2D eigenvalue weighted by Crippen LogP contribution is -2.37. The van der Waals surface area contributed by atoms with E-state index in [-0.39, 0.29) is 5.91 Å². The van der Waals surface area contributed by atoms with Gasteiger partial charge in [-0.25, -0.2) is 4.98 Å². The molecule has 1 aromatic heterocycles. The van der Waals surface area contributed by atoms with E-state index >= 15 is 0 Å². The molecule has 1 fully saturated rings. The van der Waals surface area contributed by atoms with Gasteiger partial charge >= 0.3 is 5.91 Å². The summed E-state index contributed by atoms with van der Waals surface area (Å²) in [4.78, 5) is 17.6. The van der Waals surface area contributed by atoms with E-state index in [2.05, 4.69) is 22.1 Å². The van der Waals surface area contributed by atoms with Crippen molar-refractivity contribution in [2.45, 2.75) is 13.5 Å². The SMILES string of the molecule is Cc1ccc(CNC(=O)c2cc(N3CCOCC3)cc[nH+]2)cc1. The number of morpholine rings is 1. The Hall–Kier alpha value is -2.40.